The second-order valence-electron chi connectivity index (χ2n) is 5.81. The van der Waals surface area contributed by atoms with E-state index in [4.69, 9.17) is 4.55 Å². The Balaban J connectivity index is 0.000000156. The second-order valence-corrected chi connectivity index (χ2v) is 8.60. The van der Waals surface area contributed by atoms with Gasteiger partial charge < -0.3 is 0 Å². The second kappa shape index (κ2) is 8.92. The normalized spacial score (nSPS) is 10.9. The van der Waals surface area contributed by atoms with Crippen LogP contribution in [-0.4, -0.2) is 13.0 Å². The maximum atomic E-state index is 11.0. The molecule has 4 aromatic rings. The molecule has 5 heteroatoms. The number of fused-ring (bicyclic) bond motifs is 1. The summed E-state index contributed by atoms with van der Waals surface area (Å²) in [5, 5.41) is 4.13. The zero-order chi connectivity index (χ0) is 19.1. The molecule has 0 saturated heterocycles. The molecule has 0 amide bonds. The third-order valence-electron chi connectivity index (χ3n) is 3.86. The Morgan fingerprint density at radius 1 is 0.593 bits per heavy atom. The molecule has 4 rings (SSSR count). The third kappa shape index (κ3) is 5.48. The fourth-order valence-corrected chi connectivity index (χ4v) is 4.40. The van der Waals surface area contributed by atoms with Crippen LogP contribution in [0.25, 0.3) is 10.8 Å². The molecule has 0 heterocycles. The lowest BCUT2D eigenvalue weighted by molar-refractivity contribution is 0.484. The maximum absolute atomic E-state index is 11.0. The van der Waals surface area contributed by atoms with Crippen LogP contribution in [0, 0.1) is 0 Å². The Kier molecular flexibility index (Phi) is 6.36. The van der Waals surface area contributed by atoms with Crippen LogP contribution < -0.4 is 10.6 Å². The van der Waals surface area contributed by atoms with E-state index in [9.17, 15) is 8.42 Å². The molecule has 0 aromatic heterocycles. The first-order valence-corrected chi connectivity index (χ1v) is 10.8. The van der Waals surface area contributed by atoms with E-state index in [1.807, 2.05) is 6.07 Å². The molecule has 0 aliphatic rings. The van der Waals surface area contributed by atoms with Crippen LogP contribution in [-0.2, 0) is 10.1 Å². The number of hydrogen-bond acceptors (Lipinski definition) is 2. The molecule has 0 aliphatic heterocycles. The van der Waals surface area contributed by atoms with Gasteiger partial charge in [0.05, 0.1) is 0 Å². The van der Waals surface area contributed by atoms with Gasteiger partial charge in [-0.25, -0.2) is 0 Å². The standard InChI is InChI=1S/C12H11P.C10H8O3S/c1-3-7-11(8-4-1)13-12-9-5-2-6-10-12;11-14(12,13)10-7-3-5-8-4-1-2-6-9(8)10/h1-10,13H;1-7H,(H,11,12,13). The SMILES string of the molecule is O=S(=O)(O)c1cccc2ccccc12.c1ccc(Pc2ccccc2)cc1. The van der Waals surface area contributed by atoms with Gasteiger partial charge in [0.1, 0.15) is 4.90 Å². The predicted octanol–water partition coefficient (Wildman–Crippen LogP) is 4.40. The van der Waals surface area contributed by atoms with Crippen molar-refractivity contribution in [1.82, 2.24) is 0 Å². The number of benzene rings is 4. The molecular weight excluding hydrogens is 375 g/mol. The van der Waals surface area contributed by atoms with Crippen molar-refractivity contribution < 1.29 is 13.0 Å². The highest BCUT2D eigenvalue weighted by Crippen LogP contribution is 2.22. The summed E-state index contributed by atoms with van der Waals surface area (Å²) in [7, 11) is -3.35. The van der Waals surface area contributed by atoms with E-state index in [1.165, 1.54) is 16.7 Å². The molecule has 0 aliphatic carbocycles. The van der Waals surface area contributed by atoms with E-state index in [1.54, 1.807) is 30.3 Å². The van der Waals surface area contributed by atoms with Crippen molar-refractivity contribution in [1.29, 1.82) is 0 Å². The zero-order valence-corrected chi connectivity index (χ0v) is 16.3. The molecular formula is C22H19O3PS. The number of hydrogen-bond donors (Lipinski definition) is 1. The van der Waals surface area contributed by atoms with Crippen molar-refractivity contribution >= 4 is 40.1 Å². The van der Waals surface area contributed by atoms with Gasteiger partial charge in [0.25, 0.3) is 10.1 Å². The van der Waals surface area contributed by atoms with E-state index >= 15 is 0 Å². The summed E-state index contributed by atoms with van der Waals surface area (Å²) in [6.45, 7) is 0. The molecule has 0 fully saturated rings. The minimum absolute atomic E-state index is 0.0457. The number of rotatable bonds is 3. The average molecular weight is 394 g/mol. The van der Waals surface area contributed by atoms with Gasteiger partial charge in [-0.15, -0.1) is 0 Å². The first kappa shape index (κ1) is 19.2. The lowest BCUT2D eigenvalue weighted by Gasteiger charge is -2.02. The zero-order valence-electron chi connectivity index (χ0n) is 14.5. The molecule has 0 atom stereocenters. The molecule has 0 bridgehead atoms. The van der Waals surface area contributed by atoms with Gasteiger partial charge in [-0.1, -0.05) is 106 Å². The van der Waals surface area contributed by atoms with Crippen LogP contribution in [0.4, 0.5) is 0 Å². The van der Waals surface area contributed by atoms with Crippen LogP contribution in [0.1, 0.15) is 0 Å². The summed E-state index contributed by atoms with van der Waals surface area (Å²) in [4.78, 5) is -0.0457. The summed E-state index contributed by atoms with van der Waals surface area (Å²) in [5.41, 5.74) is 0. The van der Waals surface area contributed by atoms with Crippen LogP contribution >= 0.6 is 8.58 Å². The molecule has 0 saturated carbocycles. The molecule has 3 nitrogen and oxygen atoms in total. The third-order valence-corrected chi connectivity index (χ3v) is 6.02. The van der Waals surface area contributed by atoms with Crippen molar-refractivity contribution in [3.05, 3.63) is 103 Å². The van der Waals surface area contributed by atoms with Crippen LogP contribution in [0.5, 0.6) is 0 Å². The maximum Gasteiger partial charge on any atom is 0.295 e. The Bertz CT molecular complexity index is 1070. The van der Waals surface area contributed by atoms with E-state index in [2.05, 4.69) is 60.7 Å². The van der Waals surface area contributed by atoms with E-state index < -0.39 is 10.1 Å². The van der Waals surface area contributed by atoms with Crippen LogP contribution in [0.15, 0.2) is 108 Å². The fraction of sp³-hybridized carbons (Fsp3) is 0. The summed E-state index contributed by atoms with van der Waals surface area (Å²) < 4.78 is 31.0. The molecule has 0 radical (unpaired) electrons. The van der Waals surface area contributed by atoms with Gasteiger partial charge in [-0.3, -0.25) is 4.55 Å². The highest BCUT2D eigenvalue weighted by atomic mass is 32.2. The predicted molar refractivity (Wildman–Crippen MR) is 114 cm³/mol. The molecule has 4 aromatic carbocycles. The summed E-state index contributed by atoms with van der Waals surface area (Å²) >= 11 is 0. The minimum Gasteiger partial charge on any atom is -0.282 e. The van der Waals surface area contributed by atoms with Crippen molar-refractivity contribution in [2.45, 2.75) is 4.90 Å². The Morgan fingerprint density at radius 2 is 1.07 bits per heavy atom. The quantitative estimate of drug-likeness (QED) is 0.414. The molecule has 1 N–H and O–H groups in total. The lowest BCUT2D eigenvalue weighted by atomic mass is 10.1. The Labute approximate surface area is 161 Å². The minimum atomic E-state index is -4.13. The monoisotopic (exact) mass is 394 g/mol. The van der Waals surface area contributed by atoms with Gasteiger partial charge in [0.15, 0.2) is 0 Å². The van der Waals surface area contributed by atoms with Gasteiger partial charge >= 0.3 is 0 Å². The molecule has 0 spiro atoms. The van der Waals surface area contributed by atoms with E-state index in [-0.39, 0.29) is 4.90 Å². The highest BCUT2D eigenvalue weighted by molar-refractivity contribution is 7.86. The van der Waals surface area contributed by atoms with E-state index in [0.717, 1.165) is 14.0 Å². The molecule has 27 heavy (non-hydrogen) atoms. The Hall–Kier alpha value is -2.52. The van der Waals surface area contributed by atoms with Crippen molar-refractivity contribution in [3.8, 4) is 0 Å². The van der Waals surface area contributed by atoms with Gasteiger partial charge in [0.2, 0.25) is 0 Å². The average Bonchev–Trinajstić information content (AvgIpc) is 2.69. The Morgan fingerprint density at radius 3 is 1.63 bits per heavy atom. The smallest absolute Gasteiger partial charge is 0.282 e. The van der Waals surface area contributed by atoms with Crippen molar-refractivity contribution in [2.24, 2.45) is 0 Å². The highest BCUT2D eigenvalue weighted by Gasteiger charge is 2.12. The van der Waals surface area contributed by atoms with Gasteiger partial charge in [-0.2, -0.15) is 8.42 Å². The summed E-state index contributed by atoms with van der Waals surface area (Å²) in [6.07, 6.45) is 0. The van der Waals surface area contributed by atoms with E-state index in [0.29, 0.717) is 5.39 Å². The van der Waals surface area contributed by atoms with Crippen LogP contribution in [0.2, 0.25) is 0 Å². The summed E-state index contributed by atoms with van der Waals surface area (Å²) in [5.74, 6) is 0. The topological polar surface area (TPSA) is 54.4 Å². The first-order valence-electron chi connectivity index (χ1n) is 8.36. The summed E-state index contributed by atoms with van der Waals surface area (Å²) in [6, 6.07) is 32.9. The molecule has 0 unspecified atom stereocenters. The van der Waals surface area contributed by atoms with Gasteiger partial charge in [-0.05, 0) is 22.1 Å². The lowest BCUT2D eigenvalue weighted by Crippen LogP contribution is -2.01. The largest absolute Gasteiger partial charge is 0.295 e. The fourth-order valence-electron chi connectivity index (χ4n) is 2.63. The molecule has 136 valence electrons. The van der Waals surface area contributed by atoms with Gasteiger partial charge in [0, 0.05) is 5.39 Å². The first-order chi connectivity index (χ1) is 13.0. The van der Waals surface area contributed by atoms with Crippen molar-refractivity contribution in [2.75, 3.05) is 0 Å². The van der Waals surface area contributed by atoms with Crippen molar-refractivity contribution in [3.63, 3.8) is 0 Å². The van der Waals surface area contributed by atoms with Crippen LogP contribution in [0.3, 0.4) is 0 Å².